The first-order valence-electron chi connectivity index (χ1n) is 14.5. The van der Waals surface area contributed by atoms with Crippen LogP contribution >= 0.6 is 23.1 Å². The minimum Gasteiger partial charge on any atom is -0.507 e. The lowest BCUT2D eigenvalue weighted by molar-refractivity contribution is -0.132. The number of thioether (sulfide) groups is 1. The minimum absolute atomic E-state index is 0.0808. The van der Waals surface area contributed by atoms with E-state index in [0.717, 1.165) is 16.3 Å². The number of fused-ring (bicyclic) bond motifs is 2. The van der Waals surface area contributed by atoms with E-state index >= 15 is 0 Å². The van der Waals surface area contributed by atoms with Crippen molar-refractivity contribution in [3.63, 3.8) is 0 Å². The van der Waals surface area contributed by atoms with Crippen LogP contribution in [0.25, 0.3) is 16.5 Å². The van der Waals surface area contributed by atoms with Crippen molar-refractivity contribution in [2.24, 2.45) is 0 Å². The summed E-state index contributed by atoms with van der Waals surface area (Å²) in [6.07, 6.45) is 1.62. The third-order valence-corrected chi connectivity index (χ3v) is 9.74. The van der Waals surface area contributed by atoms with E-state index in [0.29, 0.717) is 51.7 Å². The van der Waals surface area contributed by atoms with Gasteiger partial charge in [-0.3, -0.25) is 14.5 Å². The van der Waals surface area contributed by atoms with E-state index in [2.05, 4.69) is 41.0 Å². The maximum Gasteiger partial charge on any atom is 0.301 e. The van der Waals surface area contributed by atoms with E-state index in [1.807, 2.05) is 18.2 Å². The maximum absolute atomic E-state index is 13.7. The van der Waals surface area contributed by atoms with Crippen molar-refractivity contribution in [3.8, 4) is 17.2 Å². The summed E-state index contributed by atoms with van der Waals surface area (Å²) >= 11 is 2.71. The number of aromatic nitrogens is 2. The van der Waals surface area contributed by atoms with Gasteiger partial charge in [0, 0.05) is 11.3 Å². The summed E-state index contributed by atoms with van der Waals surface area (Å²) in [4.78, 5) is 28.8. The molecule has 1 amide bonds. The largest absolute Gasteiger partial charge is 0.507 e. The van der Waals surface area contributed by atoms with Crippen LogP contribution in [0, 0.1) is 0 Å². The number of aliphatic hydroxyl groups excluding tert-OH is 1. The Labute approximate surface area is 272 Å². The van der Waals surface area contributed by atoms with Crippen LogP contribution in [0.4, 0.5) is 5.13 Å². The number of benzene rings is 4. The van der Waals surface area contributed by atoms with Crippen molar-refractivity contribution in [2.45, 2.75) is 16.1 Å². The van der Waals surface area contributed by atoms with Crippen LogP contribution in [0.15, 0.2) is 107 Å². The van der Waals surface area contributed by atoms with Gasteiger partial charge in [-0.15, -0.1) is 10.2 Å². The summed E-state index contributed by atoms with van der Waals surface area (Å²) in [7, 11) is 0. The average Bonchev–Trinajstić information content (AvgIpc) is 3.67. The highest BCUT2D eigenvalue weighted by Crippen LogP contribution is 2.45. The third kappa shape index (κ3) is 5.59. The predicted octanol–water partition coefficient (Wildman–Crippen LogP) is 6.95. The van der Waals surface area contributed by atoms with E-state index in [1.54, 1.807) is 48.5 Å². The molecule has 0 radical (unpaired) electrons. The van der Waals surface area contributed by atoms with E-state index in [9.17, 15) is 14.7 Å². The van der Waals surface area contributed by atoms with E-state index in [-0.39, 0.29) is 23.1 Å². The number of carbonyl (C=O) groups is 2. The summed E-state index contributed by atoms with van der Waals surface area (Å²) < 4.78 is 17.7. The molecule has 2 aliphatic heterocycles. The zero-order chi connectivity index (χ0) is 31.6. The number of anilines is 1. The number of Topliss-reactive ketones (excluding diaryl/α,β-unsaturated/α-hetero) is 1. The van der Waals surface area contributed by atoms with Crippen molar-refractivity contribution in [1.82, 2.24) is 10.2 Å². The first kappa shape index (κ1) is 29.6. The Morgan fingerprint density at radius 3 is 2.67 bits per heavy atom. The van der Waals surface area contributed by atoms with Crippen LogP contribution in [-0.4, -0.2) is 46.8 Å². The molecular weight excluding hydrogens is 623 g/mol. The second-order valence-corrected chi connectivity index (χ2v) is 12.7. The Morgan fingerprint density at radius 1 is 1.00 bits per heavy atom. The standard InChI is InChI=1S/C35H27N3O6S2/c1-2-15-42-25-11-6-9-22(18-25)30-29(31(39)23-13-14-27-28(19-23)44-17-16-43-27)32(40)33(41)38(30)34-36-37-35(46-34)45-20-24-10-5-8-21-7-3-4-12-26(21)24/h2-14,18-19,30,39H,1,15-17,20H2. The van der Waals surface area contributed by atoms with Gasteiger partial charge in [-0.2, -0.15) is 0 Å². The molecule has 1 aromatic heterocycles. The molecule has 0 spiro atoms. The minimum atomic E-state index is -0.996. The zero-order valence-electron chi connectivity index (χ0n) is 24.4. The van der Waals surface area contributed by atoms with Crippen LogP contribution in [-0.2, 0) is 15.3 Å². The Hall–Kier alpha value is -5.13. The van der Waals surface area contributed by atoms with Gasteiger partial charge in [0.15, 0.2) is 15.8 Å². The zero-order valence-corrected chi connectivity index (χ0v) is 26.1. The molecule has 1 saturated heterocycles. The third-order valence-electron chi connectivity index (χ3n) is 7.63. The van der Waals surface area contributed by atoms with Crippen LogP contribution in [0.2, 0.25) is 0 Å². The lowest BCUT2D eigenvalue weighted by Crippen LogP contribution is -2.29. The van der Waals surface area contributed by atoms with Crippen molar-refractivity contribution in [1.29, 1.82) is 0 Å². The molecular formula is C35H27N3O6S2. The van der Waals surface area contributed by atoms with Crippen LogP contribution < -0.4 is 19.1 Å². The predicted molar refractivity (Wildman–Crippen MR) is 178 cm³/mol. The number of ketones is 1. The molecule has 230 valence electrons. The second kappa shape index (κ2) is 12.7. The SMILES string of the molecule is C=CCOc1cccc(C2C(=C(O)c3ccc4c(c3)OCCO4)C(=O)C(=O)N2c2nnc(SCc3cccc4ccccc34)s2)c1. The molecule has 9 nitrogen and oxygen atoms in total. The number of amides is 1. The number of rotatable bonds is 9. The second-order valence-electron chi connectivity index (χ2n) is 10.5. The van der Waals surface area contributed by atoms with Gasteiger partial charge < -0.3 is 19.3 Å². The lowest BCUT2D eigenvalue weighted by Gasteiger charge is -2.23. The number of hydrogen-bond acceptors (Lipinski definition) is 10. The summed E-state index contributed by atoms with van der Waals surface area (Å²) in [6, 6.07) is 25.3. The fourth-order valence-electron chi connectivity index (χ4n) is 5.54. The average molecular weight is 650 g/mol. The highest BCUT2D eigenvalue weighted by atomic mass is 32.2. The molecule has 1 fully saturated rings. The molecule has 1 unspecified atom stereocenters. The number of nitrogens with zero attached hydrogens (tertiary/aromatic N) is 3. The smallest absolute Gasteiger partial charge is 0.301 e. The van der Waals surface area contributed by atoms with Gasteiger partial charge in [0.2, 0.25) is 5.13 Å². The molecule has 46 heavy (non-hydrogen) atoms. The molecule has 0 aliphatic carbocycles. The van der Waals surface area contributed by atoms with Crippen LogP contribution in [0.5, 0.6) is 17.2 Å². The van der Waals surface area contributed by atoms with Crippen molar-refractivity contribution in [3.05, 3.63) is 120 Å². The number of hydrogen-bond donors (Lipinski definition) is 1. The fourth-order valence-corrected chi connectivity index (χ4v) is 7.41. The molecule has 7 rings (SSSR count). The Morgan fingerprint density at radius 2 is 1.80 bits per heavy atom. The lowest BCUT2D eigenvalue weighted by atomic mass is 9.95. The molecule has 1 atom stereocenters. The highest BCUT2D eigenvalue weighted by Gasteiger charge is 2.48. The molecule has 2 aliphatic rings. The first-order chi connectivity index (χ1) is 22.5. The first-order valence-corrected chi connectivity index (χ1v) is 16.3. The van der Waals surface area contributed by atoms with E-state index in [1.165, 1.54) is 28.0 Å². The monoisotopic (exact) mass is 649 g/mol. The van der Waals surface area contributed by atoms with Gasteiger partial charge in [-0.25, -0.2) is 0 Å². The molecule has 3 heterocycles. The van der Waals surface area contributed by atoms with Crippen LogP contribution in [0.3, 0.4) is 0 Å². The molecule has 4 aromatic carbocycles. The fraction of sp³-hybridized carbons (Fsp3) is 0.143. The molecule has 1 N–H and O–H groups in total. The van der Waals surface area contributed by atoms with Gasteiger partial charge in [-0.1, -0.05) is 90.4 Å². The summed E-state index contributed by atoms with van der Waals surface area (Å²) in [5.74, 6) is 0.150. The van der Waals surface area contributed by atoms with Crippen LogP contribution in [0.1, 0.15) is 22.7 Å². The quantitative estimate of drug-likeness (QED) is 0.0453. The van der Waals surface area contributed by atoms with Gasteiger partial charge in [0.25, 0.3) is 5.78 Å². The topological polar surface area (TPSA) is 111 Å². The summed E-state index contributed by atoms with van der Waals surface area (Å²) in [5, 5.41) is 22.9. The van der Waals surface area contributed by atoms with Gasteiger partial charge in [0.1, 0.15) is 31.3 Å². The molecule has 11 heteroatoms. The molecule has 5 aromatic rings. The van der Waals surface area contributed by atoms with Crippen molar-refractivity contribution >= 4 is 56.5 Å². The van der Waals surface area contributed by atoms with Gasteiger partial charge >= 0.3 is 5.91 Å². The number of aliphatic hydroxyl groups is 1. The number of carbonyl (C=O) groups excluding carboxylic acids is 2. The summed E-state index contributed by atoms with van der Waals surface area (Å²) in [5.41, 5.74) is 1.94. The Kier molecular flexibility index (Phi) is 8.17. The van der Waals surface area contributed by atoms with Gasteiger partial charge in [-0.05, 0) is 52.2 Å². The van der Waals surface area contributed by atoms with Gasteiger partial charge in [0.05, 0.1) is 11.6 Å². The van der Waals surface area contributed by atoms with Crippen molar-refractivity contribution < 1.29 is 28.9 Å². The molecule has 0 saturated carbocycles. The van der Waals surface area contributed by atoms with E-state index < -0.39 is 17.7 Å². The Bertz CT molecular complexity index is 2020. The Balaban J connectivity index is 1.26. The summed E-state index contributed by atoms with van der Waals surface area (Å²) in [6.45, 7) is 4.75. The molecule has 0 bridgehead atoms. The van der Waals surface area contributed by atoms with Crippen molar-refractivity contribution in [2.75, 3.05) is 24.7 Å². The number of ether oxygens (including phenoxy) is 3. The normalized spacial score (nSPS) is 17.0. The highest BCUT2D eigenvalue weighted by molar-refractivity contribution is 8.00. The maximum atomic E-state index is 13.7. The van der Waals surface area contributed by atoms with E-state index in [4.69, 9.17) is 14.2 Å².